The van der Waals surface area contributed by atoms with Crippen LogP contribution in [0.2, 0.25) is 0 Å². The molecule has 0 aromatic rings. The second-order valence-electron chi connectivity index (χ2n) is 2.40. The smallest absolute Gasteiger partial charge is 0.104 e. The van der Waals surface area contributed by atoms with E-state index >= 15 is 0 Å². The lowest BCUT2D eigenvalue weighted by Gasteiger charge is -1.91. The van der Waals surface area contributed by atoms with Crippen molar-refractivity contribution in [1.82, 2.24) is 0 Å². The van der Waals surface area contributed by atoms with E-state index in [1.807, 2.05) is 32.9 Å². The van der Waals surface area contributed by atoms with Crippen molar-refractivity contribution in [2.24, 2.45) is 0 Å². The summed E-state index contributed by atoms with van der Waals surface area (Å²) in [6, 6.07) is 0. The average molecular weight is 154 g/mol. The van der Waals surface area contributed by atoms with Crippen molar-refractivity contribution in [2.75, 3.05) is 0 Å². The normalized spacial score (nSPS) is 14.5. The van der Waals surface area contributed by atoms with Gasteiger partial charge in [-0.15, -0.1) is 0 Å². The first-order chi connectivity index (χ1) is 5.20. The molecule has 0 bridgehead atoms. The summed E-state index contributed by atoms with van der Waals surface area (Å²) >= 11 is 0. The standard InChI is InChI=1S/C10H15F/c1-4-6-7-10(11)8-9(3)5-2/h4-6,8H,7H2,1-3H3/b6-4-,9-5?,10-8+. The Morgan fingerprint density at radius 1 is 1.36 bits per heavy atom. The van der Waals surface area contributed by atoms with Crippen LogP contribution in [0.5, 0.6) is 0 Å². The van der Waals surface area contributed by atoms with Gasteiger partial charge in [0, 0.05) is 6.42 Å². The van der Waals surface area contributed by atoms with E-state index in [2.05, 4.69) is 0 Å². The minimum atomic E-state index is -0.0845. The van der Waals surface area contributed by atoms with Crippen molar-refractivity contribution in [3.8, 4) is 0 Å². The highest BCUT2D eigenvalue weighted by molar-refractivity contribution is 5.18. The Bertz CT molecular complexity index is 185. The average Bonchev–Trinajstić information content (AvgIpc) is 2.00. The van der Waals surface area contributed by atoms with Crippen LogP contribution in [0.4, 0.5) is 4.39 Å². The van der Waals surface area contributed by atoms with Gasteiger partial charge in [0.05, 0.1) is 0 Å². The summed E-state index contributed by atoms with van der Waals surface area (Å²) in [7, 11) is 0. The van der Waals surface area contributed by atoms with Crippen LogP contribution < -0.4 is 0 Å². The molecule has 0 spiro atoms. The van der Waals surface area contributed by atoms with E-state index in [4.69, 9.17) is 0 Å². The number of hydrogen-bond donors (Lipinski definition) is 0. The zero-order valence-electron chi connectivity index (χ0n) is 7.39. The molecule has 0 unspecified atom stereocenters. The Hall–Kier alpha value is -0.850. The minimum Gasteiger partial charge on any atom is -0.211 e. The Morgan fingerprint density at radius 3 is 2.45 bits per heavy atom. The first-order valence-electron chi connectivity index (χ1n) is 3.80. The van der Waals surface area contributed by atoms with Crippen molar-refractivity contribution in [1.29, 1.82) is 0 Å². The van der Waals surface area contributed by atoms with E-state index in [-0.39, 0.29) is 5.83 Å². The Balaban J connectivity index is 4.00. The number of allylic oxidation sites excluding steroid dienone is 6. The lowest BCUT2D eigenvalue weighted by molar-refractivity contribution is 0.616. The molecular weight excluding hydrogens is 139 g/mol. The zero-order valence-corrected chi connectivity index (χ0v) is 7.39. The summed E-state index contributed by atoms with van der Waals surface area (Å²) < 4.78 is 12.8. The van der Waals surface area contributed by atoms with Crippen LogP contribution in [0.3, 0.4) is 0 Å². The summed E-state index contributed by atoms with van der Waals surface area (Å²) in [4.78, 5) is 0. The summed E-state index contributed by atoms with van der Waals surface area (Å²) in [5.74, 6) is -0.0845. The molecule has 0 saturated heterocycles. The zero-order chi connectivity index (χ0) is 8.69. The third-order valence-electron chi connectivity index (χ3n) is 1.39. The first-order valence-corrected chi connectivity index (χ1v) is 3.80. The fraction of sp³-hybridized carbons (Fsp3) is 0.400. The van der Waals surface area contributed by atoms with Gasteiger partial charge >= 0.3 is 0 Å². The lowest BCUT2D eigenvalue weighted by Crippen LogP contribution is -1.72. The maximum Gasteiger partial charge on any atom is 0.104 e. The topological polar surface area (TPSA) is 0 Å². The molecule has 0 nitrogen and oxygen atoms in total. The Labute approximate surface area is 68.1 Å². The van der Waals surface area contributed by atoms with E-state index < -0.39 is 0 Å². The fourth-order valence-corrected chi connectivity index (χ4v) is 0.620. The molecule has 0 fully saturated rings. The Morgan fingerprint density at radius 2 is 2.00 bits per heavy atom. The van der Waals surface area contributed by atoms with Gasteiger partial charge in [-0.3, -0.25) is 0 Å². The monoisotopic (exact) mass is 154 g/mol. The SMILES string of the molecule is CC=C(C)/C=C(/F)C/C=C\C. The van der Waals surface area contributed by atoms with Crippen molar-refractivity contribution >= 4 is 0 Å². The second kappa shape index (κ2) is 5.90. The van der Waals surface area contributed by atoms with Crippen molar-refractivity contribution in [3.63, 3.8) is 0 Å². The quantitative estimate of drug-likeness (QED) is 0.428. The fourth-order valence-electron chi connectivity index (χ4n) is 0.620. The third-order valence-corrected chi connectivity index (χ3v) is 1.39. The highest BCUT2D eigenvalue weighted by Crippen LogP contribution is 2.07. The molecule has 62 valence electrons. The molecule has 0 aromatic heterocycles. The maximum absolute atomic E-state index is 12.8. The highest BCUT2D eigenvalue weighted by atomic mass is 19.1. The largest absolute Gasteiger partial charge is 0.211 e. The van der Waals surface area contributed by atoms with E-state index in [0.29, 0.717) is 6.42 Å². The molecule has 0 aromatic carbocycles. The van der Waals surface area contributed by atoms with Crippen LogP contribution >= 0.6 is 0 Å². The van der Waals surface area contributed by atoms with Crippen LogP contribution in [0.1, 0.15) is 27.2 Å². The maximum atomic E-state index is 12.8. The lowest BCUT2D eigenvalue weighted by atomic mass is 10.2. The molecule has 0 radical (unpaired) electrons. The molecule has 0 atom stereocenters. The van der Waals surface area contributed by atoms with E-state index in [9.17, 15) is 4.39 Å². The van der Waals surface area contributed by atoms with Gasteiger partial charge < -0.3 is 0 Å². The van der Waals surface area contributed by atoms with E-state index in [0.717, 1.165) is 5.57 Å². The van der Waals surface area contributed by atoms with Gasteiger partial charge in [-0.1, -0.05) is 23.8 Å². The van der Waals surface area contributed by atoms with Gasteiger partial charge in [0.15, 0.2) is 0 Å². The van der Waals surface area contributed by atoms with Crippen molar-refractivity contribution < 1.29 is 4.39 Å². The van der Waals surface area contributed by atoms with Crippen LogP contribution in [-0.4, -0.2) is 0 Å². The third kappa shape index (κ3) is 5.59. The summed E-state index contributed by atoms with van der Waals surface area (Å²) in [5.41, 5.74) is 0.965. The summed E-state index contributed by atoms with van der Waals surface area (Å²) in [6.45, 7) is 5.67. The minimum absolute atomic E-state index is 0.0845. The van der Waals surface area contributed by atoms with Gasteiger partial charge in [0.1, 0.15) is 5.83 Å². The molecule has 0 N–H and O–H groups in total. The first kappa shape index (κ1) is 10.2. The van der Waals surface area contributed by atoms with Gasteiger partial charge in [0.2, 0.25) is 0 Å². The summed E-state index contributed by atoms with van der Waals surface area (Å²) in [6.07, 6.45) is 7.49. The van der Waals surface area contributed by atoms with Gasteiger partial charge in [-0.05, 0) is 26.8 Å². The van der Waals surface area contributed by atoms with Crippen LogP contribution in [0, 0.1) is 0 Å². The molecule has 0 aliphatic rings. The predicted molar refractivity (Wildman–Crippen MR) is 48.1 cm³/mol. The highest BCUT2D eigenvalue weighted by Gasteiger charge is 1.89. The molecule has 11 heavy (non-hydrogen) atoms. The Kier molecular flexibility index (Phi) is 5.44. The van der Waals surface area contributed by atoms with Gasteiger partial charge in [-0.25, -0.2) is 4.39 Å². The molecule has 0 aliphatic heterocycles. The van der Waals surface area contributed by atoms with Gasteiger partial charge in [-0.2, -0.15) is 0 Å². The molecule has 0 aliphatic carbocycles. The predicted octanol–water partition coefficient (Wildman–Crippen LogP) is 3.77. The molecule has 0 heterocycles. The van der Waals surface area contributed by atoms with E-state index in [1.165, 1.54) is 0 Å². The van der Waals surface area contributed by atoms with Gasteiger partial charge in [0.25, 0.3) is 0 Å². The van der Waals surface area contributed by atoms with Crippen LogP contribution in [0.25, 0.3) is 0 Å². The molecular formula is C10H15F. The van der Waals surface area contributed by atoms with Crippen molar-refractivity contribution in [2.45, 2.75) is 27.2 Å². The second-order valence-corrected chi connectivity index (χ2v) is 2.40. The van der Waals surface area contributed by atoms with Crippen LogP contribution in [-0.2, 0) is 0 Å². The number of rotatable bonds is 3. The molecule has 0 amide bonds. The van der Waals surface area contributed by atoms with Crippen LogP contribution in [0.15, 0.2) is 35.7 Å². The van der Waals surface area contributed by atoms with E-state index in [1.54, 1.807) is 12.2 Å². The molecule has 0 saturated carbocycles. The van der Waals surface area contributed by atoms with Crippen molar-refractivity contribution in [3.05, 3.63) is 35.7 Å². The molecule has 1 heteroatoms. The molecule has 0 rings (SSSR count). The number of hydrogen-bond acceptors (Lipinski definition) is 0. The summed E-state index contributed by atoms with van der Waals surface area (Å²) in [5, 5.41) is 0. The number of halogens is 1.